The quantitative estimate of drug-likeness (QED) is 0.922. The first-order chi connectivity index (χ1) is 10.7. The summed E-state index contributed by atoms with van der Waals surface area (Å²) in [5.74, 6) is -0.716. The van der Waals surface area contributed by atoms with E-state index in [0.717, 1.165) is 25.7 Å². The average Bonchev–Trinajstić information content (AvgIpc) is 2.48. The Morgan fingerprint density at radius 2 is 1.73 bits per heavy atom. The second-order valence-electron chi connectivity index (χ2n) is 5.89. The molecule has 4 nitrogen and oxygen atoms in total. The predicted molar refractivity (Wildman–Crippen MR) is 83.1 cm³/mol. The van der Waals surface area contributed by atoms with E-state index in [4.69, 9.17) is 0 Å². The number of halogens is 1. The van der Waals surface area contributed by atoms with E-state index in [-0.39, 0.29) is 17.5 Å². The molecule has 1 amide bonds. The molecule has 2 aromatic rings. The second kappa shape index (κ2) is 6.81. The highest BCUT2D eigenvalue weighted by atomic mass is 19.1. The van der Waals surface area contributed by atoms with Crippen molar-refractivity contribution >= 4 is 16.9 Å². The molecule has 1 aliphatic carbocycles. The number of amides is 1. The van der Waals surface area contributed by atoms with Gasteiger partial charge in [0.15, 0.2) is 0 Å². The summed E-state index contributed by atoms with van der Waals surface area (Å²) in [7, 11) is 0. The molecule has 0 unspecified atom stereocenters. The number of nitrogens with zero attached hydrogens (tertiary/aromatic N) is 2. The lowest BCUT2D eigenvalue weighted by Crippen LogP contribution is -2.35. The van der Waals surface area contributed by atoms with Gasteiger partial charge in [0.25, 0.3) is 5.91 Å². The Balaban J connectivity index is 1.82. The van der Waals surface area contributed by atoms with Gasteiger partial charge in [-0.25, -0.2) is 4.39 Å². The minimum Gasteiger partial charge on any atom is -0.349 e. The first-order valence-electron chi connectivity index (χ1n) is 7.95. The molecule has 116 valence electrons. The maximum atomic E-state index is 13.7. The monoisotopic (exact) mass is 301 g/mol. The van der Waals surface area contributed by atoms with Crippen molar-refractivity contribution in [3.8, 4) is 0 Å². The molecule has 0 bridgehead atoms. The minimum absolute atomic E-state index is 0.169. The van der Waals surface area contributed by atoms with Crippen molar-refractivity contribution in [3.05, 3.63) is 35.9 Å². The maximum absolute atomic E-state index is 13.7. The van der Waals surface area contributed by atoms with Gasteiger partial charge in [-0.3, -0.25) is 14.8 Å². The molecule has 1 heterocycles. The fourth-order valence-corrected chi connectivity index (χ4v) is 3.08. The topological polar surface area (TPSA) is 54.9 Å². The van der Waals surface area contributed by atoms with E-state index in [1.54, 1.807) is 0 Å². The third-order valence-electron chi connectivity index (χ3n) is 4.22. The van der Waals surface area contributed by atoms with Gasteiger partial charge in [-0.15, -0.1) is 0 Å². The number of carbonyl (C=O) groups is 1. The van der Waals surface area contributed by atoms with Crippen molar-refractivity contribution in [1.29, 1.82) is 0 Å². The SMILES string of the molecule is O=C(NC1CCCCCCC1)c1cc(F)cc2nccnc12. The van der Waals surface area contributed by atoms with Crippen LogP contribution in [0.25, 0.3) is 11.0 Å². The van der Waals surface area contributed by atoms with Crippen molar-refractivity contribution in [2.75, 3.05) is 0 Å². The van der Waals surface area contributed by atoms with E-state index in [1.807, 2.05) is 0 Å². The number of fused-ring (bicyclic) bond motifs is 1. The second-order valence-corrected chi connectivity index (χ2v) is 5.89. The van der Waals surface area contributed by atoms with Gasteiger partial charge < -0.3 is 5.32 Å². The number of benzene rings is 1. The summed E-state index contributed by atoms with van der Waals surface area (Å²) < 4.78 is 13.7. The standard InChI is InChI=1S/C17H20FN3O/c18-12-10-14(16-15(11-12)19-8-9-20-16)17(22)21-13-6-4-2-1-3-5-7-13/h8-11,13H,1-7H2,(H,21,22). The van der Waals surface area contributed by atoms with Crippen molar-refractivity contribution in [2.45, 2.75) is 51.0 Å². The van der Waals surface area contributed by atoms with Crippen LogP contribution >= 0.6 is 0 Å². The highest BCUT2D eigenvalue weighted by Crippen LogP contribution is 2.20. The van der Waals surface area contributed by atoms with E-state index in [9.17, 15) is 9.18 Å². The van der Waals surface area contributed by atoms with Crippen LogP contribution in [0.5, 0.6) is 0 Å². The molecule has 1 fully saturated rings. The molecular formula is C17H20FN3O. The summed E-state index contributed by atoms with van der Waals surface area (Å²) in [5, 5.41) is 3.05. The van der Waals surface area contributed by atoms with Crippen molar-refractivity contribution in [1.82, 2.24) is 15.3 Å². The van der Waals surface area contributed by atoms with E-state index in [2.05, 4.69) is 15.3 Å². The lowest BCUT2D eigenvalue weighted by Gasteiger charge is -2.21. The summed E-state index contributed by atoms with van der Waals surface area (Å²) >= 11 is 0. The van der Waals surface area contributed by atoms with Gasteiger partial charge in [0, 0.05) is 24.5 Å². The molecular weight excluding hydrogens is 281 g/mol. The van der Waals surface area contributed by atoms with Crippen LogP contribution in [-0.2, 0) is 0 Å². The highest BCUT2D eigenvalue weighted by molar-refractivity contribution is 6.04. The zero-order valence-corrected chi connectivity index (χ0v) is 12.5. The molecule has 0 spiro atoms. The van der Waals surface area contributed by atoms with Gasteiger partial charge in [0.1, 0.15) is 11.3 Å². The van der Waals surface area contributed by atoms with E-state index in [0.29, 0.717) is 11.0 Å². The summed E-state index contributed by atoms with van der Waals surface area (Å²) in [6.07, 6.45) is 11.0. The number of hydrogen-bond acceptors (Lipinski definition) is 3. The number of nitrogens with one attached hydrogen (secondary N) is 1. The Kier molecular flexibility index (Phi) is 4.61. The van der Waals surface area contributed by atoms with Gasteiger partial charge in [0.05, 0.1) is 11.1 Å². The normalized spacial score (nSPS) is 17.0. The van der Waals surface area contributed by atoms with E-state index < -0.39 is 5.82 Å². The van der Waals surface area contributed by atoms with Crippen LogP contribution in [0.15, 0.2) is 24.5 Å². The van der Waals surface area contributed by atoms with Crippen LogP contribution < -0.4 is 5.32 Å². The third kappa shape index (κ3) is 3.40. The van der Waals surface area contributed by atoms with Crippen molar-refractivity contribution in [2.24, 2.45) is 0 Å². The Morgan fingerprint density at radius 3 is 2.50 bits per heavy atom. The predicted octanol–water partition coefficient (Wildman–Crippen LogP) is 3.61. The minimum atomic E-state index is -0.462. The lowest BCUT2D eigenvalue weighted by molar-refractivity contribution is 0.0931. The molecule has 1 aromatic heterocycles. The Labute approximate surface area is 129 Å². The van der Waals surface area contributed by atoms with Crippen LogP contribution in [0.1, 0.15) is 55.3 Å². The number of rotatable bonds is 2. The Hall–Kier alpha value is -2.04. The maximum Gasteiger partial charge on any atom is 0.253 e. The lowest BCUT2D eigenvalue weighted by atomic mass is 9.96. The van der Waals surface area contributed by atoms with Crippen LogP contribution in [0, 0.1) is 5.82 Å². The summed E-state index contributed by atoms with van der Waals surface area (Å²) in [6.45, 7) is 0. The summed E-state index contributed by atoms with van der Waals surface area (Å²) in [6, 6.07) is 2.72. The molecule has 0 aliphatic heterocycles. The molecule has 1 aromatic carbocycles. The van der Waals surface area contributed by atoms with Crippen LogP contribution in [0.3, 0.4) is 0 Å². The number of carbonyl (C=O) groups excluding carboxylic acids is 1. The molecule has 0 saturated heterocycles. The molecule has 0 radical (unpaired) electrons. The molecule has 5 heteroatoms. The summed E-state index contributed by atoms with van der Waals surface area (Å²) in [4.78, 5) is 20.8. The molecule has 0 atom stereocenters. The molecule has 1 saturated carbocycles. The van der Waals surface area contributed by atoms with Crippen LogP contribution in [0.4, 0.5) is 4.39 Å². The smallest absolute Gasteiger partial charge is 0.253 e. The van der Waals surface area contributed by atoms with Crippen LogP contribution in [-0.4, -0.2) is 21.9 Å². The molecule has 1 N–H and O–H groups in total. The van der Waals surface area contributed by atoms with Gasteiger partial charge >= 0.3 is 0 Å². The molecule has 1 aliphatic rings. The first kappa shape index (κ1) is 14.9. The van der Waals surface area contributed by atoms with E-state index in [1.165, 1.54) is 43.8 Å². The Bertz CT molecular complexity index is 666. The number of aromatic nitrogens is 2. The fourth-order valence-electron chi connectivity index (χ4n) is 3.08. The third-order valence-corrected chi connectivity index (χ3v) is 4.22. The molecule has 22 heavy (non-hydrogen) atoms. The zero-order chi connectivity index (χ0) is 15.4. The Morgan fingerprint density at radius 1 is 1.05 bits per heavy atom. The average molecular weight is 301 g/mol. The zero-order valence-electron chi connectivity index (χ0n) is 12.5. The van der Waals surface area contributed by atoms with Crippen molar-refractivity contribution in [3.63, 3.8) is 0 Å². The summed E-state index contributed by atoms with van der Waals surface area (Å²) in [5.41, 5.74) is 1.13. The van der Waals surface area contributed by atoms with E-state index >= 15 is 0 Å². The number of hydrogen-bond donors (Lipinski definition) is 1. The van der Waals surface area contributed by atoms with Crippen LogP contribution in [0.2, 0.25) is 0 Å². The van der Waals surface area contributed by atoms with Crippen molar-refractivity contribution < 1.29 is 9.18 Å². The molecule has 3 rings (SSSR count). The van der Waals surface area contributed by atoms with Gasteiger partial charge in [0.2, 0.25) is 0 Å². The first-order valence-corrected chi connectivity index (χ1v) is 7.95. The fraction of sp³-hybridized carbons (Fsp3) is 0.471. The van der Waals surface area contributed by atoms with Gasteiger partial charge in [-0.2, -0.15) is 0 Å². The largest absolute Gasteiger partial charge is 0.349 e. The highest BCUT2D eigenvalue weighted by Gasteiger charge is 2.18. The van der Waals surface area contributed by atoms with Gasteiger partial charge in [-0.05, 0) is 18.9 Å². The van der Waals surface area contributed by atoms with Gasteiger partial charge in [-0.1, -0.05) is 32.1 Å².